The van der Waals surface area contributed by atoms with Crippen LogP contribution in [-0.4, -0.2) is 14.5 Å². The average Bonchev–Trinajstić information content (AvgIpc) is 2.71. The Labute approximate surface area is 76.4 Å². The maximum Gasteiger partial charge on any atom is 0.109 e. The van der Waals surface area contributed by atoms with E-state index in [2.05, 4.69) is 9.97 Å². The van der Waals surface area contributed by atoms with Crippen LogP contribution in [-0.2, 0) is 13.6 Å². The first kappa shape index (κ1) is 8.07. The van der Waals surface area contributed by atoms with Gasteiger partial charge in [-0.25, -0.2) is 4.98 Å². The first-order valence-corrected chi connectivity index (χ1v) is 4.17. The van der Waals surface area contributed by atoms with Gasteiger partial charge < -0.3 is 15.3 Å². The van der Waals surface area contributed by atoms with Crippen LogP contribution < -0.4 is 5.73 Å². The lowest BCUT2D eigenvalue weighted by Crippen LogP contribution is -2.04. The van der Waals surface area contributed by atoms with E-state index in [1.165, 1.54) is 0 Å². The molecule has 0 atom stereocenters. The van der Waals surface area contributed by atoms with Crippen LogP contribution in [0.5, 0.6) is 0 Å². The van der Waals surface area contributed by atoms with Crippen LogP contribution in [0.4, 0.5) is 0 Å². The second-order valence-corrected chi connectivity index (χ2v) is 2.94. The molecule has 0 saturated carbocycles. The SMILES string of the molecule is Cn1cnc(-c2ccc[nH]2)c1CN. The van der Waals surface area contributed by atoms with Crippen LogP contribution in [0.2, 0.25) is 0 Å². The largest absolute Gasteiger partial charge is 0.360 e. The van der Waals surface area contributed by atoms with Crippen molar-refractivity contribution in [3.05, 3.63) is 30.4 Å². The zero-order chi connectivity index (χ0) is 9.26. The number of nitrogens with zero attached hydrogens (tertiary/aromatic N) is 2. The fraction of sp³-hybridized carbons (Fsp3) is 0.222. The summed E-state index contributed by atoms with van der Waals surface area (Å²) < 4.78 is 1.94. The normalized spacial score (nSPS) is 10.6. The molecular formula is C9H12N4. The summed E-state index contributed by atoms with van der Waals surface area (Å²) in [6.07, 6.45) is 3.66. The number of aromatic amines is 1. The minimum Gasteiger partial charge on any atom is -0.360 e. The number of H-pyrrole nitrogens is 1. The monoisotopic (exact) mass is 176 g/mol. The standard InChI is InChI=1S/C9H12N4/c1-13-6-12-9(8(13)5-10)7-3-2-4-11-7/h2-4,6,11H,5,10H2,1H3. The third-order valence-corrected chi connectivity index (χ3v) is 2.11. The summed E-state index contributed by atoms with van der Waals surface area (Å²) in [4.78, 5) is 7.39. The lowest BCUT2D eigenvalue weighted by atomic mass is 10.2. The third-order valence-electron chi connectivity index (χ3n) is 2.11. The fourth-order valence-corrected chi connectivity index (χ4v) is 1.40. The first-order chi connectivity index (χ1) is 6.33. The maximum atomic E-state index is 5.63. The molecule has 2 aromatic rings. The molecule has 2 aromatic heterocycles. The highest BCUT2D eigenvalue weighted by atomic mass is 15.0. The summed E-state index contributed by atoms with van der Waals surface area (Å²) in [5, 5.41) is 0. The first-order valence-electron chi connectivity index (χ1n) is 4.17. The summed E-state index contributed by atoms with van der Waals surface area (Å²) in [6, 6.07) is 3.94. The van der Waals surface area contributed by atoms with Crippen molar-refractivity contribution in [3.8, 4) is 11.4 Å². The number of hydrogen-bond donors (Lipinski definition) is 2. The van der Waals surface area contributed by atoms with E-state index in [4.69, 9.17) is 5.73 Å². The average molecular weight is 176 g/mol. The van der Waals surface area contributed by atoms with Crippen molar-refractivity contribution in [3.63, 3.8) is 0 Å². The van der Waals surface area contributed by atoms with Crippen molar-refractivity contribution in [2.45, 2.75) is 6.54 Å². The Balaban J connectivity index is 2.52. The lowest BCUT2D eigenvalue weighted by molar-refractivity contribution is 0.821. The zero-order valence-corrected chi connectivity index (χ0v) is 7.49. The van der Waals surface area contributed by atoms with Crippen LogP contribution in [0.25, 0.3) is 11.4 Å². The van der Waals surface area contributed by atoms with Gasteiger partial charge >= 0.3 is 0 Å². The van der Waals surface area contributed by atoms with E-state index in [9.17, 15) is 0 Å². The minimum absolute atomic E-state index is 0.505. The molecular weight excluding hydrogens is 164 g/mol. The molecule has 0 unspecified atom stereocenters. The molecule has 0 amide bonds. The molecule has 13 heavy (non-hydrogen) atoms. The molecule has 0 aliphatic carbocycles. The van der Waals surface area contributed by atoms with Gasteiger partial charge in [-0.2, -0.15) is 0 Å². The van der Waals surface area contributed by atoms with E-state index in [1.54, 1.807) is 6.33 Å². The number of rotatable bonds is 2. The number of hydrogen-bond acceptors (Lipinski definition) is 2. The summed E-state index contributed by atoms with van der Waals surface area (Å²) in [5.41, 5.74) is 8.63. The predicted molar refractivity (Wildman–Crippen MR) is 50.9 cm³/mol. The van der Waals surface area contributed by atoms with Crippen molar-refractivity contribution in [2.75, 3.05) is 0 Å². The number of aryl methyl sites for hydroxylation is 1. The Morgan fingerprint density at radius 3 is 3.08 bits per heavy atom. The van der Waals surface area contributed by atoms with Gasteiger partial charge in [0.25, 0.3) is 0 Å². The summed E-state index contributed by atoms with van der Waals surface area (Å²) in [5.74, 6) is 0. The van der Waals surface area contributed by atoms with E-state index in [1.807, 2.05) is 29.9 Å². The van der Waals surface area contributed by atoms with Crippen molar-refractivity contribution in [1.82, 2.24) is 14.5 Å². The van der Waals surface area contributed by atoms with Crippen molar-refractivity contribution in [2.24, 2.45) is 12.8 Å². The van der Waals surface area contributed by atoms with Gasteiger partial charge in [-0.15, -0.1) is 0 Å². The van der Waals surface area contributed by atoms with Crippen LogP contribution in [0.1, 0.15) is 5.69 Å². The smallest absolute Gasteiger partial charge is 0.109 e. The molecule has 4 nitrogen and oxygen atoms in total. The van der Waals surface area contributed by atoms with Gasteiger partial charge in [-0.1, -0.05) is 0 Å². The molecule has 0 aliphatic rings. The molecule has 4 heteroatoms. The molecule has 0 saturated heterocycles. The van der Waals surface area contributed by atoms with Gasteiger partial charge in [0.1, 0.15) is 5.69 Å². The second-order valence-electron chi connectivity index (χ2n) is 2.94. The summed E-state index contributed by atoms with van der Waals surface area (Å²) >= 11 is 0. The minimum atomic E-state index is 0.505. The quantitative estimate of drug-likeness (QED) is 0.713. The molecule has 2 heterocycles. The van der Waals surface area contributed by atoms with Crippen LogP contribution in [0.15, 0.2) is 24.7 Å². The number of nitrogens with one attached hydrogen (secondary N) is 1. The molecule has 68 valence electrons. The molecule has 0 aliphatic heterocycles. The lowest BCUT2D eigenvalue weighted by Gasteiger charge is -2.00. The number of nitrogens with two attached hydrogens (primary N) is 1. The molecule has 0 radical (unpaired) electrons. The Kier molecular flexibility index (Phi) is 1.90. The van der Waals surface area contributed by atoms with Gasteiger partial charge in [0.15, 0.2) is 0 Å². The highest BCUT2D eigenvalue weighted by Crippen LogP contribution is 2.18. The Bertz CT molecular complexity index is 386. The van der Waals surface area contributed by atoms with Crippen molar-refractivity contribution < 1.29 is 0 Å². The molecule has 0 aromatic carbocycles. The van der Waals surface area contributed by atoms with Gasteiger partial charge in [-0.05, 0) is 12.1 Å². The molecule has 0 fully saturated rings. The molecule has 0 bridgehead atoms. The van der Waals surface area contributed by atoms with E-state index in [0.717, 1.165) is 17.1 Å². The van der Waals surface area contributed by atoms with Crippen LogP contribution >= 0.6 is 0 Å². The topological polar surface area (TPSA) is 59.6 Å². The van der Waals surface area contributed by atoms with Gasteiger partial charge in [0.2, 0.25) is 0 Å². The number of imidazole rings is 1. The number of aromatic nitrogens is 3. The van der Waals surface area contributed by atoms with Gasteiger partial charge in [0, 0.05) is 19.8 Å². The maximum absolute atomic E-state index is 5.63. The van der Waals surface area contributed by atoms with E-state index in [0.29, 0.717) is 6.54 Å². The van der Waals surface area contributed by atoms with Crippen molar-refractivity contribution in [1.29, 1.82) is 0 Å². The third kappa shape index (κ3) is 1.25. The van der Waals surface area contributed by atoms with Crippen molar-refractivity contribution >= 4 is 0 Å². The fourth-order valence-electron chi connectivity index (χ4n) is 1.40. The molecule has 0 spiro atoms. The Hall–Kier alpha value is -1.55. The van der Waals surface area contributed by atoms with E-state index >= 15 is 0 Å². The Morgan fingerprint density at radius 2 is 2.46 bits per heavy atom. The van der Waals surface area contributed by atoms with Crippen LogP contribution in [0, 0.1) is 0 Å². The highest BCUT2D eigenvalue weighted by molar-refractivity contribution is 5.57. The Morgan fingerprint density at radius 1 is 1.62 bits per heavy atom. The van der Waals surface area contributed by atoms with E-state index < -0.39 is 0 Å². The van der Waals surface area contributed by atoms with E-state index in [-0.39, 0.29) is 0 Å². The summed E-state index contributed by atoms with van der Waals surface area (Å²) in [7, 11) is 1.95. The van der Waals surface area contributed by atoms with Gasteiger partial charge in [-0.3, -0.25) is 0 Å². The summed E-state index contributed by atoms with van der Waals surface area (Å²) in [6.45, 7) is 0.505. The highest BCUT2D eigenvalue weighted by Gasteiger charge is 2.09. The van der Waals surface area contributed by atoms with Gasteiger partial charge in [0.05, 0.1) is 17.7 Å². The van der Waals surface area contributed by atoms with Crippen LogP contribution in [0.3, 0.4) is 0 Å². The zero-order valence-electron chi connectivity index (χ0n) is 7.49. The molecule has 3 N–H and O–H groups in total. The second kappa shape index (κ2) is 3.06. The predicted octanol–water partition coefficient (Wildman–Crippen LogP) is 0.874. The molecule has 2 rings (SSSR count).